The van der Waals surface area contributed by atoms with E-state index in [1.165, 1.54) is 18.2 Å². The summed E-state index contributed by atoms with van der Waals surface area (Å²) < 4.78 is 14.8. The number of nitrogens with one attached hydrogen (secondary N) is 3. The number of amides is 2. The molecule has 0 aromatic heterocycles. The molecule has 3 rings (SSSR count). The van der Waals surface area contributed by atoms with Crippen LogP contribution in [0.3, 0.4) is 0 Å². The zero-order chi connectivity index (χ0) is 20.5. The van der Waals surface area contributed by atoms with Gasteiger partial charge in [0, 0.05) is 10.0 Å². The minimum atomic E-state index is -0.658. The second kappa shape index (κ2) is 7.86. The van der Waals surface area contributed by atoms with Crippen molar-refractivity contribution in [1.29, 1.82) is 0 Å². The largest absolute Gasteiger partial charge is 0.394 e. The molecule has 0 spiro atoms. The smallest absolute Gasteiger partial charge is 0.276 e. The number of halogens is 2. The van der Waals surface area contributed by atoms with E-state index in [0.717, 1.165) is 0 Å². The van der Waals surface area contributed by atoms with Crippen LogP contribution in [-0.2, 0) is 10.4 Å². The lowest BCUT2D eigenvalue weighted by atomic mass is 9.91. The highest BCUT2D eigenvalue weighted by Gasteiger charge is 2.36. The van der Waals surface area contributed by atoms with E-state index >= 15 is 0 Å². The molecule has 0 saturated heterocycles. The molecule has 1 aliphatic heterocycles. The number of benzene rings is 2. The number of hydrogen-bond acceptors (Lipinski definition) is 5. The zero-order valence-corrected chi connectivity index (χ0v) is 16.8. The van der Waals surface area contributed by atoms with Gasteiger partial charge in [0.05, 0.1) is 35.7 Å². The lowest BCUT2D eigenvalue weighted by molar-refractivity contribution is 0.0169. The second-order valence-electron chi connectivity index (χ2n) is 6.77. The molecule has 2 aromatic rings. The molecule has 148 valence electrons. The SMILES string of the molecule is CC1(C)NC(=O)c2cc(Nc3ccc(Br)cc3F)c(C(=O)NOCCO)cc21. The summed E-state index contributed by atoms with van der Waals surface area (Å²) in [6.45, 7) is 3.31. The van der Waals surface area contributed by atoms with Crippen LogP contribution >= 0.6 is 15.9 Å². The quantitative estimate of drug-likeness (QED) is 0.399. The Labute approximate surface area is 169 Å². The highest BCUT2D eigenvalue weighted by molar-refractivity contribution is 9.10. The number of rotatable bonds is 6. The number of aliphatic hydroxyl groups is 1. The summed E-state index contributed by atoms with van der Waals surface area (Å²) in [5, 5.41) is 14.5. The molecule has 1 heterocycles. The fourth-order valence-electron chi connectivity index (χ4n) is 2.97. The van der Waals surface area contributed by atoms with E-state index < -0.39 is 17.3 Å². The first kappa shape index (κ1) is 20.2. The van der Waals surface area contributed by atoms with Crippen molar-refractivity contribution < 1.29 is 23.9 Å². The summed E-state index contributed by atoms with van der Waals surface area (Å²) in [4.78, 5) is 29.8. The second-order valence-corrected chi connectivity index (χ2v) is 7.69. The van der Waals surface area contributed by atoms with Gasteiger partial charge in [0.2, 0.25) is 0 Å². The number of carbonyl (C=O) groups excluding carboxylic acids is 2. The van der Waals surface area contributed by atoms with Crippen LogP contribution in [0.15, 0.2) is 34.8 Å². The molecule has 7 nitrogen and oxygen atoms in total. The number of hydroxylamine groups is 1. The Kier molecular flexibility index (Phi) is 5.69. The fourth-order valence-corrected chi connectivity index (χ4v) is 3.30. The van der Waals surface area contributed by atoms with Crippen LogP contribution in [0.2, 0.25) is 0 Å². The summed E-state index contributed by atoms with van der Waals surface area (Å²) >= 11 is 3.19. The Balaban J connectivity index is 2.05. The van der Waals surface area contributed by atoms with Crippen molar-refractivity contribution >= 4 is 39.1 Å². The Bertz CT molecular complexity index is 949. The van der Waals surface area contributed by atoms with Crippen LogP contribution in [0.25, 0.3) is 0 Å². The van der Waals surface area contributed by atoms with Gasteiger partial charge in [0.1, 0.15) is 5.82 Å². The van der Waals surface area contributed by atoms with Gasteiger partial charge in [0.15, 0.2) is 0 Å². The van der Waals surface area contributed by atoms with Crippen molar-refractivity contribution in [3.8, 4) is 0 Å². The molecule has 0 unspecified atom stereocenters. The summed E-state index contributed by atoms with van der Waals surface area (Å²) in [6, 6.07) is 7.54. The summed E-state index contributed by atoms with van der Waals surface area (Å²) in [6.07, 6.45) is 0. The number of fused-ring (bicyclic) bond motifs is 1. The third-order valence-corrected chi connectivity index (χ3v) is 4.80. The van der Waals surface area contributed by atoms with Crippen molar-refractivity contribution in [3.63, 3.8) is 0 Å². The normalized spacial score (nSPS) is 14.4. The molecule has 0 fully saturated rings. The molecule has 4 N–H and O–H groups in total. The molecule has 2 amide bonds. The molecule has 0 radical (unpaired) electrons. The Morgan fingerprint density at radius 1 is 1.29 bits per heavy atom. The van der Waals surface area contributed by atoms with Crippen LogP contribution in [0.4, 0.5) is 15.8 Å². The lowest BCUT2D eigenvalue weighted by Crippen LogP contribution is -2.33. The van der Waals surface area contributed by atoms with E-state index in [4.69, 9.17) is 9.94 Å². The standard InChI is InChI=1S/C19H19BrFN3O4/c1-19(2)13-8-12(18(27)24-28-6-5-25)16(9-11(13)17(26)23-19)22-15-4-3-10(20)7-14(15)21/h3-4,7-9,22,25H,5-6H2,1-2H3,(H,23,26)(H,24,27). The van der Waals surface area contributed by atoms with Gasteiger partial charge in [-0.2, -0.15) is 0 Å². The summed E-state index contributed by atoms with van der Waals surface area (Å²) in [5.74, 6) is -1.39. The monoisotopic (exact) mass is 451 g/mol. The van der Waals surface area contributed by atoms with Crippen molar-refractivity contribution in [2.45, 2.75) is 19.4 Å². The lowest BCUT2D eigenvalue weighted by Gasteiger charge is -2.21. The Hall–Kier alpha value is -2.49. The van der Waals surface area contributed by atoms with E-state index in [1.54, 1.807) is 12.1 Å². The van der Waals surface area contributed by atoms with E-state index in [-0.39, 0.29) is 36.1 Å². The molecule has 0 bridgehead atoms. The van der Waals surface area contributed by atoms with Crippen LogP contribution in [0.1, 0.15) is 40.1 Å². The van der Waals surface area contributed by atoms with Crippen molar-refractivity contribution in [2.75, 3.05) is 18.5 Å². The van der Waals surface area contributed by atoms with E-state index in [2.05, 4.69) is 32.0 Å². The van der Waals surface area contributed by atoms with Gasteiger partial charge < -0.3 is 15.7 Å². The van der Waals surface area contributed by atoms with Crippen LogP contribution < -0.4 is 16.1 Å². The van der Waals surface area contributed by atoms with Crippen LogP contribution in [0, 0.1) is 5.82 Å². The first-order valence-electron chi connectivity index (χ1n) is 8.49. The highest BCUT2D eigenvalue weighted by atomic mass is 79.9. The predicted molar refractivity (Wildman–Crippen MR) is 105 cm³/mol. The minimum absolute atomic E-state index is 0.0771. The first-order valence-corrected chi connectivity index (χ1v) is 9.28. The van der Waals surface area contributed by atoms with Gasteiger partial charge in [-0.1, -0.05) is 15.9 Å². The average Bonchev–Trinajstić information content (AvgIpc) is 2.85. The van der Waals surface area contributed by atoms with Crippen molar-refractivity contribution in [2.24, 2.45) is 0 Å². The third-order valence-electron chi connectivity index (χ3n) is 4.31. The number of anilines is 2. The molecule has 0 atom stereocenters. The van der Waals surface area contributed by atoms with Crippen LogP contribution in [0.5, 0.6) is 0 Å². The molecule has 0 aliphatic carbocycles. The van der Waals surface area contributed by atoms with Gasteiger partial charge in [-0.15, -0.1) is 0 Å². The molecular formula is C19H19BrFN3O4. The van der Waals surface area contributed by atoms with E-state index in [9.17, 15) is 14.0 Å². The maximum Gasteiger partial charge on any atom is 0.276 e. The molecule has 1 aliphatic rings. The van der Waals surface area contributed by atoms with E-state index in [1.807, 2.05) is 13.8 Å². The molecule has 0 saturated carbocycles. The van der Waals surface area contributed by atoms with Gasteiger partial charge in [-0.05, 0) is 49.7 Å². The molecular weight excluding hydrogens is 433 g/mol. The topological polar surface area (TPSA) is 99.7 Å². The first-order chi connectivity index (χ1) is 13.2. The maximum absolute atomic E-state index is 14.3. The number of hydrogen-bond donors (Lipinski definition) is 4. The summed E-state index contributed by atoms with van der Waals surface area (Å²) in [5.41, 5.74) is 3.18. The van der Waals surface area contributed by atoms with Crippen LogP contribution in [-0.4, -0.2) is 30.1 Å². The average molecular weight is 452 g/mol. The summed E-state index contributed by atoms with van der Waals surface area (Å²) in [7, 11) is 0. The Morgan fingerprint density at radius 2 is 2.04 bits per heavy atom. The van der Waals surface area contributed by atoms with Crippen molar-refractivity contribution in [1.82, 2.24) is 10.8 Å². The third kappa shape index (κ3) is 4.01. The molecule has 2 aromatic carbocycles. The predicted octanol–water partition coefficient (Wildman–Crippen LogP) is 2.96. The minimum Gasteiger partial charge on any atom is -0.394 e. The van der Waals surface area contributed by atoms with Crippen molar-refractivity contribution in [3.05, 3.63) is 57.3 Å². The zero-order valence-electron chi connectivity index (χ0n) is 15.2. The fraction of sp³-hybridized carbons (Fsp3) is 0.263. The van der Waals surface area contributed by atoms with E-state index in [0.29, 0.717) is 15.6 Å². The van der Waals surface area contributed by atoms with Gasteiger partial charge in [0.25, 0.3) is 11.8 Å². The van der Waals surface area contributed by atoms with Gasteiger partial charge in [-0.25, -0.2) is 9.87 Å². The molecule has 28 heavy (non-hydrogen) atoms. The Morgan fingerprint density at radius 3 is 2.71 bits per heavy atom. The molecule has 9 heteroatoms. The van der Waals surface area contributed by atoms with Gasteiger partial charge in [-0.3, -0.25) is 14.4 Å². The maximum atomic E-state index is 14.3. The number of aliphatic hydroxyl groups excluding tert-OH is 1. The van der Waals surface area contributed by atoms with Gasteiger partial charge >= 0.3 is 0 Å². The highest BCUT2D eigenvalue weighted by Crippen LogP contribution is 2.36. The number of carbonyl (C=O) groups is 2.